The van der Waals surface area contributed by atoms with Crippen LogP contribution in [0.25, 0.3) is 0 Å². The number of rotatable bonds is 9. The van der Waals surface area contributed by atoms with Gasteiger partial charge in [-0.2, -0.15) is 0 Å². The standard InChI is InChI=1S/C19H28O3/c1-5-9-10-11-12-13-16-14-15-17(20-6-2)19(22-8-4)18(16)21-7-3/h14-15H,5-9,12-13H2,1-4H3. The van der Waals surface area contributed by atoms with Crippen molar-refractivity contribution in [3.63, 3.8) is 0 Å². The summed E-state index contributed by atoms with van der Waals surface area (Å²) in [5, 5.41) is 0. The Bertz CT molecular complexity index is 497. The Morgan fingerprint density at radius 2 is 1.41 bits per heavy atom. The quantitative estimate of drug-likeness (QED) is 0.623. The third kappa shape index (κ3) is 5.52. The van der Waals surface area contributed by atoms with Crippen LogP contribution < -0.4 is 14.2 Å². The van der Waals surface area contributed by atoms with Crippen LogP contribution in [0.3, 0.4) is 0 Å². The molecule has 0 spiro atoms. The highest BCUT2D eigenvalue weighted by atomic mass is 16.5. The van der Waals surface area contributed by atoms with E-state index in [2.05, 4.69) is 24.8 Å². The van der Waals surface area contributed by atoms with Crippen molar-refractivity contribution in [3.05, 3.63) is 17.7 Å². The lowest BCUT2D eigenvalue weighted by Crippen LogP contribution is -2.05. The first-order valence-corrected chi connectivity index (χ1v) is 8.28. The largest absolute Gasteiger partial charge is 0.490 e. The minimum Gasteiger partial charge on any atom is -0.490 e. The summed E-state index contributed by atoms with van der Waals surface area (Å²) in [6, 6.07) is 4.02. The molecule has 122 valence electrons. The zero-order valence-electron chi connectivity index (χ0n) is 14.3. The smallest absolute Gasteiger partial charge is 0.203 e. The highest BCUT2D eigenvalue weighted by Gasteiger charge is 2.16. The van der Waals surface area contributed by atoms with Gasteiger partial charge in [-0.1, -0.05) is 13.0 Å². The maximum atomic E-state index is 5.83. The third-order valence-electron chi connectivity index (χ3n) is 3.05. The number of aryl methyl sites for hydroxylation is 1. The van der Waals surface area contributed by atoms with Crippen LogP contribution in [0.4, 0.5) is 0 Å². The molecular formula is C19H28O3. The van der Waals surface area contributed by atoms with Crippen molar-refractivity contribution in [2.75, 3.05) is 19.8 Å². The number of hydrogen-bond acceptors (Lipinski definition) is 3. The summed E-state index contributed by atoms with van der Waals surface area (Å²) in [6.07, 6.45) is 3.76. The summed E-state index contributed by atoms with van der Waals surface area (Å²) in [7, 11) is 0. The van der Waals surface area contributed by atoms with Gasteiger partial charge in [-0.3, -0.25) is 0 Å². The van der Waals surface area contributed by atoms with Gasteiger partial charge in [0.15, 0.2) is 11.5 Å². The Hall–Kier alpha value is -1.82. The summed E-state index contributed by atoms with van der Waals surface area (Å²) in [4.78, 5) is 0. The van der Waals surface area contributed by atoms with E-state index in [0.717, 1.165) is 42.7 Å². The second-order valence-electron chi connectivity index (χ2n) is 4.78. The van der Waals surface area contributed by atoms with Crippen molar-refractivity contribution in [1.82, 2.24) is 0 Å². The molecule has 0 bridgehead atoms. The number of unbranched alkanes of at least 4 members (excludes halogenated alkanes) is 1. The number of ether oxygens (including phenoxy) is 3. The Morgan fingerprint density at radius 3 is 2.05 bits per heavy atom. The average molecular weight is 304 g/mol. The average Bonchev–Trinajstić information content (AvgIpc) is 2.52. The van der Waals surface area contributed by atoms with Gasteiger partial charge in [-0.05, 0) is 45.2 Å². The van der Waals surface area contributed by atoms with Crippen LogP contribution in [-0.2, 0) is 6.42 Å². The number of hydrogen-bond donors (Lipinski definition) is 0. The molecule has 1 aromatic carbocycles. The predicted molar refractivity (Wildman–Crippen MR) is 91.0 cm³/mol. The van der Waals surface area contributed by atoms with Crippen LogP contribution in [0, 0.1) is 11.8 Å². The maximum absolute atomic E-state index is 5.83. The molecule has 0 heterocycles. The van der Waals surface area contributed by atoms with E-state index >= 15 is 0 Å². The molecule has 22 heavy (non-hydrogen) atoms. The zero-order chi connectivity index (χ0) is 16.2. The van der Waals surface area contributed by atoms with Crippen LogP contribution >= 0.6 is 0 Å². The molecule has 0 amide bonds. The normalized spacial score (nSPS) is 9.82. The Morgan fingerprint density at radius 1 is 0.773 bits per heavy atom. The molecular weight excluding hydrogens is 276 g/mol. The first kappa shape index (κ1) is 18.2. The lowest BCUT2D eigenvalue weighted by atomic mass is 10.1. The van der Waals surface area contributed by atoms with E-state index in [0.29, 0.717) is 25.6 Å². The highest BCUT2D eigenvalue weighted by molar-refractivity contribution is 5.56. The molecule has 0 radical (unpaired) electrons. The van der Waals surface area contributed by atoms with Gasteiger partial charge in [-0.15, -0.1) is 11.8 Å². The molecule has 0 aliphatic rings. The van der Waals surface area contributed by atoms with Gasteiger partial charge < -0.3 is 14.2 Å². The molecule has 3 nitrogen and oxygen atoms in total. The summed E-state index contributed by atoms with van der Waals surface area (Å²) in [6.45, 7) is 9.84. The third-order valence-corrected chi connectivity index (χ3v) is 3.05. The minimum atomic E-state index is 0.583. The molecule has 0 N–H and O–H groups in total. The fourth-order valence-corrected chi connectivity index (χ4v) is 2.13. The zero-order valence-corrected chi connectivity index (χ0v) is 14.3. The van der Waals surface area contributed by atoms with Crippen LogP contribution in [0.2, 0.25) is 0 Å². The highest BCUT2D eigenvalue weighted by Crippen LogP contribution is 2.41. The van der Waals surface area contributed by atoms with Crippen LogP contribution in [0.15, 0.2) is 12.1 Å². The Balaban J connectivity index is 3.00. The van der Waals surface area contributed by atoms with Crippen molar-refractivity contribution in [2.24, 2.45) is 0 Å². The maximum Gasteiger partial charge on any atom is 0.203 e. The molecule has 0 fully saturated rings. The van der Waals surface area contributed by atoms with E-state index in [1.54, 1.807) is 0 Å². The van der Waals surface area contributed by atoms with Gasteiger partial charge in [0, 0.05) is 12.8 Å². The van der Waals surface area contributed by atoms with Gasteiger partial charge in [0.25, 0.3) is 0 Å². The lowest BCUT2D eigenvalue weighted by Gasteiger charge is -2.18. The monoisotopic (exact) mass is 304 g/mol. The topological polar surface area (TPSA) is 27.7 Å². The van der Waals surface area contributed by atoms with Gasteiger partial charge >= 0.3 is 0 Å². The molecule has 3 heteroatoms. The molecule has 0 aliphatic heterocycles. The van der Waals surface area contributed by atoms with E-state index in [9.17, 15) is 0 Å². The van der Waals surface area contributed by atoms with Gasteiger partial charge in [0.2, 0.25) is 5.75 Å². The second kappa shape index (κ2) is 10.8. The lowest BCUT2D eigenvalue weighted by molar-refractivity contribution is 0.259. The van der Waals surface area contributed by atoms with Crippen molar-refractivity contribution >= 4 is 0 Å². The van der Waals surface area contributed by atoms with Crippen molar-refractivity contribution < 1.29 is 14.2 Å². The van der Waals surface area contributed by atoms with Gasteiger partial charge in [-0.25, -0.2) is 0 Å². The van der Waals surface area contributed by atoms with E-state index in [-0.39, 0.29) is 0 Å². The minimum absolute atomic E-state index is 0.583. The molecule has 0 aliphatic carbocycles. The van der Waals surface area contributed by atoms with E-state index in [4.69, 9.17) is 14.2 Å². The Labute approximate surface area is 135 Å². The summed E-state index contributed by atoms with van der Waals surface area (Å²) in [5.41, 5.74) is 1.12. The SMILES string of the molecule is CCCC#CCCc1ccc(OCC)c(OCC)c1OCC. The van der Waals surface area contributed by atoms with Crippen LogP contribution in [-0.4, -0.2) is 19.8 Å². The molecule has 1 aromatic rings. The molecule has 0 atom stereocenters. The Kier molecular flexibility index (Phi) is 8.98. The first-order valence-electron chi connectivity index (χ1n) is 8.28. The van der Waals surface area contributed by atoms with E-state index in [1.807, 2.05) is 26.8 Å². The fourth-order valence-electron chi connectivity index (χ4n) is 2.13. The molecule has 0 unspecified atom stereocenters. The van der Waals surface area contributed by atoms with Crippen LogP contribution in [0.5, 0.6) is 17.2 Å². The summed E-state index contributed by atoms with van der Waals surface area (Å²) in [5.74, 6) is 8.66. The van der Waals surface area contributed by atoms with Crippen molar-refractivity contribution in [1.29, 1.82) is 0 Å². The number of benzene rings is 1. The van der Waals surface area contributed by atoms with Gasteiger partial charge in [0.05, 0.1) is 19.8 Å². The fraction of sp³-hybridized carbons (Fsp3) is 0.579. The summed E-state index contributed by atoms with van der Waals surface area (Å²) >= 11 is 0. The second-order valence-corrected chi connectivity index (χ2v) is 4.78. The van der Waals surface area contributed by atoms with E-state index in [1.165, 1.54) is 0 Å². The molecule has 1 rings (SSSR count). The first-order chi connectivity index (χ1) is 10.8. The predicted octanol–water partition coefficient (Wildman–Crippen LogP) is 4.62. The van der Waals surface area contributed by atoms with Gasteiger partial charge in [0.1, 0.15) is 0 Å². The molecule has 0 saturated carbocycles. The van der Waals surface area contributed by atoms with Crippen molar-refractivity contribution in [3.8, 4) is 29.1 Å². The van der Waals surface area contributed by atoms with Crippen LogP contribution in [0.1, 0.15) is 52.5 Å². The van der Waals surface area contributed by atoms with E-state index < -0.39 is 0 Å². The summed E-state index contributed by atoms with van der Waals surface area (Å²) < 4.78 is 17.3. The molecule has 0 aromatic heterocycles. The molecule has 0 saturated heterocycles. The van der Waals surface area contributed by atoms with Crippen molar-refractivity contribution in [2.45, 2.75) is 53.4 Å².